The van der Waals surface area contributed by atoms with E-state index in [4.69, 9.17) is 18.9 Å². The number of rotatable bonds is 15. The van der Waals surface area contributed by atoms with Crippen LogP contribution in [0.4, 0.5) is 0 Å². The normalized spacial score (nSPS) is 32.0. The van der Waals surface area contributed by atoms with Gasteiger partial charge in [-0.15, -0.1) is 0 Å². The third-order valence-electron chi connectivity index (χ3n) is 11.0. The molecule has 270 valence electrons. The Bertz CT molecular complexity index is 1330. The van der Waals surface area contributed by atoms with Gasteiger partial charge < -0.3 is 18.9 Å². The standard InChI is InChI=1S/C40H62O7S/c1-10-26(2)21-36-30(6)34(25-48(42,43)33-16-12-11-13-17-33)38(47-36)24-37-29(5)27(3)22-32(46-37)18-19-35-28(4)23-31(45-35)15-14-20-44-39(41)40(7,8)9/h11-13,16-17,26-27,30-32,34-38H,4-5,10,14-15,18-25H2,1-3,6-9H3/t26-,27-,30-,31+,32?,34-,35+,36-,37?,38+/m1/s1. The quantitative estimate of drug-likeness (QED) is 0.104. The highest BCUT2D eigenvalue weighted by molar-refractivity contribution is 7.91. The van der Waals surface area contributed by atoms with E-state index in [1.54, 1.807) is 24.3 Å². The molecule has 1 aromatic carbocycles. The van der Waals surface area contributed by atoms with E-state index in [2.05, 4.69) is 40.9 Å². The maximum absolute atomic E-state index is 13.6. The molecule has 0 bridgehead atoms. The van der Waals surface area contributed by atoms with Crippen molar-refractivity contribution in [1.82, 2.24) is 0 Å². The first-order valence-corrected chi connectivity index (χ1v) is 20.0. The first-order valence-electron chi connectivity index (χ1n) is 18.4. The third kappa shape index (κ3) is 10.3. The molecule has 48 heavy (non-hydrogen) atoms. The molecule has 3 saturated heterocycles. The molecule has 3 heterocycles. The van der Waals surface area contributed by atoms with Gasteiger partial charge in [0, 0.05) is 12.3 Å². The van der Waals surface area contributed by atoms with Crippen LogP contribution in [0.1, 0.15) is 106 Å². The molecule has 8 heteroatoms. The molecule has 0 spiro atoms. The molecule has 0 radical (unpaired) electrons. The van der Waals surface area contributed by atoms with Crippen molar-refractivity contribution in [2.45, 2.75) is 148 Å². The van der Waals surface area contributed by atoms with Crippen molar-refractivity contribution in [3.05, 3.63) is 54.6 Å². The van der Waals surface area contributed by atoms with E-state index >= 15 is 0 Å². The molecule has 2 unspecified atom stereocenters. The maximum Gasteiger partial charge on any atom is 0.311 e. The third-order valence-corrected chi connectivity index (χ3v) is 12.8. The summed E-state index contributed by atoms with van der Waals surface area (Å²) in [5.41, 5.74) is 1.71. The van der Waals surface area contributed by atoms with Gasteiger partial charge in [0.05, 0.1) is 59.3 Å². The van der Waals surface area contributed by atoms with Crippen LogP contribution in [0, 0.1) is 29.1 Å². The van der Waals surface area contributed by atoms with Gasteiger partial charge in [0.2, 0.25) is 0 Å². The first kappa shape index (κ1) is 38.8. The highest BCUT2D eigenvalue weighted by atomic mass is 32.2. The summed E-state index contributed by atoms with van der Waals surface area (Å²) in [6.07, 6.45) is 7.44. The Morgan fingerprint density at radius 3 is 2.33 bits per heavy atom. The van der Waals surface area contributed by atoms with Gasteiger partial charge >= 0.3 is 5.97 Å². The summed E-state index contributed by atoms with van der Waals surface area (Å²) < 4.78 is 52.5. The summed E-state index contributed by atoms with van der Waals surface area (Å²) in [6, 6.07) is 8.79. The lowest BCUT2D eigenvalue weighted by atomic mass is 9.81. The van der Waals surface area contributed by atoms with E-state index in [0.29, 0.717) is 29.8 Å². The maximum atomic E-state index is 13.6. The van der Waals surface area contributed by atoms with Crippen molar-refractivity contribution in [3.8, 4) is 0 Å². The molecule has 0 aliphatic carbocycles. The Balaban J connectivity index is 1.35. The van der Waals surface area contributed by atoms with Crippen LogP contribution in [-0.2, 0) is 33.6 Å². The fourth-order valence-corrected chi connectivity index (χ4v) is 9.27. The molecule has 4 rings (SSSR count). The smallest absolute Gasteiger partial charge is 0.311 e. The van der Waals surface area contributed by atoms with E-state index in [1.807, 2.05) is 26.8 Å². The number of benzene rings is 1. The van der Waals surface area contributed by atoms with Gasteiger partial charge in [-0.25, -0.2) is 8.42 Å². The van der Waals surface area contributed by atoms with Crippen LogP contribution in [0.5, 0.6) is 0 Å². The van der Waals surface area contributed by atoms with Gasteiger partial charge in [-0.05, 0) is 107 Å². The van der Waals surface area contributed by atoms with Gasteiger partial charge in [0.1, 0.15) is 0 Å². The van der Waals surface area contributed by atoms with Crippen molar-refractivity contribution in [3.63, 3.8) is 0 Å². The van der Waals surface area contributed by atoms with E-state index in [-0.39, 0.29) is 60.2 Å². The SMILES string of the molecule is C=C1C(C[C@@H]2O[C@H](C[C@H](C)CC)[C@H](C)[C@H]2CS(=O)(=O)c2ccccc2)OC(CC[C@@H]2O[C@@H](CCCOC(=O)C(C)(C)C)CC2=C)C[C@H]1C. The molecular formula is C40H62O7S. The van der Waals surface area contributed by atoms with Crippen molar-refractivity contribution in [1.29, 1.82) is 0 Å². The number of carbonyl (C=O) groups is 1. The van der Waals surface area contributed by atoms with Gasteiger partial charge in [0.15, 0.2) is 9.84 Å². The Labute approximate surface area is 291 Å². The summed E-state index contributed by atoms with van der Waals surface area (Å²) >= 11 is 0. The molecule has 3 aliphatic rings. The topological polar surface area (TPSA) is 88.1 Å². The molecule has 10 atom stereocenters. The molecule has 3 fully saturated rings. The number of esters is 1. The van der Waals surface area contributed by atoms with Gasteiger partial charge in [-0.2, -0.15) is 0 Å². The molecule has 0 saturated carbocycles. The molecule has 0 aromatic heterocycles. The lowest BCUT2D eigenvalue weighted by Gasteiger charge is -2.38. The van der Waals surface area contributed by atoms with E-state index in [9.17, 15) is 13.2 Å². The van der Waals surface area contributed by atoms with E-state index in [0.717, 1.165) is 62.5 Å². The summed E-state index contributed by atoms with van der Waals surface area (Å²) in [4.78, 5) is 12.4. The zero-order valence-electron chi connectivity index (χ0n) is 30.6. The fourth-order valence-electron chi connectivity index (χ4n) is 7.48. The van der Waals surface area contributed by atoms with Crippen molar-refractivity contribution in [2.75, 3.05) is 12.4 Å². The monoisotopic (exact) mass is 686 g/mol. The van der Waals surface area contributed by atoms with E-state index in [1.165, 1.54) is 0 Å². The highest BCUT2D eigenvalue weighted by Gasteiger charge is 2.46. The Hall–Kier alpha value is -2.00. The number of carbonyl (C=O) groups excluding carboxylic acids is 1. The summed E-state index contributed by atoms with van der Waals surface area (Å²) in [6.45, 7) is 23.6. The first-order chi connectivity index (χ1) is 22.6. The second-order valence-electron chi connectivity index (χ2n) is 16.0. The summed E-state index contributed by atoms with van der Waals surface area (Å²) in [5.74, 6) is 0.695. The molecule has 0 N–H and O–H groups in total. The molecule has 3 aliphatic heterocycles. The molecular weight excluding hydrogens is 625 g/mol. The lowest BCUT2D eigenvalue weighted by molar-refractivity contribution is -0.153. The summed E-state index contributed by atoms with van der Waals surface area (Å²) in [5, 5.41) is 0. The van der Waals surface area contributed by atoms with Crippen LogP contribution < -0.4 is 0 Å². The number of sulfone groups is 1. The van der Waals surface area contributed by atoms with Gasteiger partial charge in [0.25, 0.3) is 0 Å². The Kier molecular flexibility index (Phi) is 13.6. The number of ether oxygens (including phenoxy) is 4. The number of hydrogen-bond acceptors (Lipinski definition) is 7. The van der Waals surface area contributed by atoms with Gasteiger partial charge in [-0.3, -0.25) is 4.79 Å². The average Bonchev–Trinajstić information content (AvgIpc) is 3.53. The minimum atomic E-state index is -3.48. The van der Waals surface area contributed by atoms with Crippen LogP contribution >= 0.6 is 0 Å². The van der Waals surface area contributed by atoms with Gasteiger partial charge in [-0.1, -0.05) is 65.5 Å². The van der Waals surface area contributed by atoms with Crippen LogP contribution in [0.25, 0.3) is 0 Å². The molecule has 1 aromatic rings. The molecule has 0 amide bonds. The van der Waals surface area contributed by atoms with Crippen LogP contribution in [-0.4, -0.2) is 63.4 Å². The zero-order valence-corrected chi connectivity index (χ0v) is 31.4. The lowest BCUT2D eigenvalue weighted by Crippen LogP contribution is -2.38. The largest absolute Gasteiger partial charge is 0.465 e. The molecule has 7 nitrogen and oxygen atoms in total. The van der Waals surface area contributed by atoms with Crippen LogP contribution in [0.2, 0.25) is 0 Å². The van der Waals surface area contributed by atoms with Crippen LogP contribution in [0.15, 0.2) is 59.5 Å². The van der Waals surface area contributed by atoms with Crippen molar-refractivity contribution < 1.29 is 32.2 Å². The second-order valence-corrected chi connectivity index (χ2v) is 18.0. The predicted octanol–water partition coefficient (Wildman–Crippen LogP) is 8.52. The zero-order chi connectivity index (χ0) is 35.2. The highest BCUT2D eigenvalue weighted by Crippen LogP contribution is 2.43. The minimum absolute atomic E-state index is 0.00233. The Morgan fingerprint density at radius 2 is 1.67 bits per heavy atom. The van der Waals surface area contributed by atoms with Crippen molar-refractivity contribution >= 4 is 15.8 Å². The van der Waals surface area contributed by atoms with Crippen molar-refractivity contribution in [2.24, 2.45) is 29.1 Å². The fraction of sp³-hybridized carbons (Fsp3) is 0.725. The summed E-state index contributed by atoms with van der Waals surface area (Å²) in [7, 11) is -3.48. The Morgan fingerprint density at radius 1 is 0.979 bits per heavy atom. The predicted molar refractivity (Wildman–Crippen MR) is 191 cm³/mol. The second kappa shape index (κ2) is 16.8. The minimum Gasteiger partial charge on any atom is -0.465 e. The average molecular weight is 687 g/mol. The van der Waals surface area contributed by atoms with E-state index < -0.39 is 15.3 Å². The number of hydrogen-bond donors (Lipinski definition) is 0. The van der Waals surface area contributed by atoms with Crippen LogP contribution in [0.3, 0.4) is 0 Å².